The van der Waals surface area contributed by atoms with E-state index in [1.165, 1.54) is 17.8 Å². The first kappa shape index (κ1) is 16.4. The Hall–Kier alpha value is -0.940. The summed E-state index contributed by atoms with van der Waals surface area (Å²) < 4.78 is 0. The van der Waals surface area contributed by atoms with Gasteiger partial charge in [0.25, 0.3) is 0 Å². The maximum Gasteiger partial charge on any atom is 0.303 e. The number of rotatable bonds is 5. The molecule has 2 rings (SSSR count). The van der Waals surface area contributed by atoms with Crippen molar-refractivity contribution in [2.75, 3.05) is 6.54 Å². The van der Waals surface area contributed by atoms with Crippen molar-refractivity contribution < 1.29 is 9.90 Å². The van der Waals surface area contributed by atoms with Crippen LogP contribution in [0.5, 0.6) is 0 Å². The molecule has 1 aromatic rings. The molecule has 0 aromatic carbocycles. The van der Waals surface area contributed by atoms with E-state index in [1.54, 1.807) is 11.3 Å². The van der Waals surface area contributed by atoms with Gasteiger partial charge >= 0.3 is 5.97 Å². The van der Waals surface area contributed by atoms with E-state index in [-0.39, 0.29) is 11.8 Å². The van der Waals surface area contributed by atoms with Crippen molar-refractivity contribution >= 4 is 17.3 Å². The molecule has 1 aliphatic rings. The van der Waals surface area contributed by atoms with Gasteiger partial charge in [0.15, 0.2) is 0 Å². The largest absolute Gasteiger partial charge is 0.481 e. The lowest BCUT2D eigenvalue weighted by atomic mass is 9.97. The van der Waals surface area contributed by atoms with Crippen LogP contribution < -0.4 is 0 Å². The van der Waals surface area contributed by atoms with Gasteiger partial charge in [0.05, 0.1) is 10.7 Å². The Labute approximate surface area is 131 Å². The first-order valence-corrected chi connectivity index (χ1v) is 8.65. The van der Waals surface area contributed by atoms with Gasteiger partial charge in [-0.25, -0.2) is 4.98 Å². The van der Waals surface area contributed by atoms with Gasteiger partial charge in [-0.05, 0) is 25.8 Å². The number of piperidine rings is 1. The van der Waals surface area contributed by atoms with Gasteiger partial charge in [0.2, 0.25) is 0 Å². The second-order valence-corrected chi connectivity index (χ2v) is 7.80. The lowest BCUT2D eigenvalue weighted by molar-refractivity contribution is -0.137. The molecule has 5 heteroatoms. The zero-order chi connectivity index (χ0) is 15.5. The van der Waals surface area contributed by atoms with Crippen LogP contribution in [0.3, 0.4) is 0 Å². The summed E-state index contributed by atoms with van der Waals surface area (Å²) in [6, 6.07) is 0.398. The van der Waals surface area contributed by atoms with Crippen LogP contribution in [0.15, 0.2) is 5.38 Å². The number of hydrogen-bond donors (Lipinski definition) is 1. The Morgan fingerprint density at radius 3 is 2.86 bits per heavy atom. The minimum absolute atomic E-state index is 0.105. The minimum atomic E-state index is -0.691. The fourth-order valence-corrected chi connectivity index (χ4v) is 3.72. The number of carbonyl (C=O) groups is 1. The van der Waals surface area contributed by atoms with E-state index in [9.17, 15) is 4.79 Å². The standard InChI is InChI=1S/C16H26N2O2S/c1-16(2,3)15-17-12(11-21-15)10-18-9-5-4-6-13(18)7-8-14(19)20/h11,13H,4-10H2,1-3H3,(H,19,20). The van der Waals surface area contributed by atoms with Gasteiger partial charge in [-0.3, -0.25) is 9.69 Å². The molecule has 1 aliphatic heterocycles. The van der Waals surface area contributed by atoms with E-state index in [1.807, 2.05) is 0 Å². The average Bonchev–Trinajstić information content (AvgIpc) is 2.86. The van der Waals surface area contributed by atoms with Gasteiger partial charge in [0.1, 0.15) is 0 Å². The van der Waals surface area contributed by atoms with Crippen molar-refractivity contribution in [3.05, 3.63) is 16.1 Å². The van der Waals surface area contributed by atoms with Crippen LogP contribution >= 0.6 is 11.3 Å². The number of carboxylic acids is 1. The fraction of sp³-hybridized carbons (Fsp3) is 0.750. The number of thiazole rings is 1. The highest BCUT2D eigenvalue weighted by atomic mass is 32.1. The molecule has 21 heavy (non-hydrogen) atoms. The second-order valence-electron chi connectivity index (χ2n) is 6.95. The third-order valence-corrected chi connectivity index (χ3v) is 5.32. The van der Waals surface area contributed by atoms with Crippen molar-refractivity contribution in [3.8, 4) is 0 Å². The normalized spacial score (nSPS) is 20.6. The van der Waals surface area contributed by atoms with Gasteiger partial charge in [0, 0.05) is 29.8 Å². The van der Waals surface area contributed by atoms with Crippen LogP contribution in [0.25, 0.3) is 0 Å². The van der Waals surface area contributed by atoms with E-state index in [4.69, 9.17) is 10.1 Å². The van der Waals surface area contributed by atoms with E-state index in [0.29, 0.717) is 6.04 Å². The van der Waals surface area contributed by atoms with Crippen LogP contribution in [0.1, 0.15) is 63.6 Å². The molecule has 2 heterocycles. The fourth-order valence-electron chi connectivity index (χ4n) is 2.82. The van der Waals surface area contributed by atoms with Gasteiger partial charge in [-0.15, -0.1) is 11.3 Å². The Morgan fingerprint density at radius 2 is 2.24 bits per heavy atom. The van der Waals surface area contributed by atoms with Crippen LogP contribution in [0.2, 0.25) is 0 Å². The molecule has 1 atom stereocenters. The molecule has 1 unspecified atom stereocenters. The van der Waals surface area contributed by atoms with Gasteiger partial charge < -0.3 is 5.11 Å². The number of carboxylic acid groups (broad SMARTS) is 1. The summed E-state index contributed by atoms with van der Waals surface area (Å²) in [7, 11) is 0. The molecule has 1 aromatic heterocycles. The van der Waals surface area contributed by atoms with Crippen LogP contribution in [-0.4, -0.2) is 33.5 Å². The number of likely N-dealkylation sites (tertiary alicyclic amines) is 1. The third kappa shape index (κ3) is 4.78. The molecule has 1 fully saturated rings. The van der Waals surface area contributed by atoms with E-state index >= 15 is 0 Å². The first-order valence-electron chi connectivity index (χ1n) is 7.77. The quantitative estimate of drug-likeness (QED) is 0.901. The lowest BCUT2D eigenvalue weighted by Crippen LogP contribution is -2.39. The van der Waals surface area contributed by atoms with Crippen molar-refractivity contribution in [2.24, 2.45) is 0 Å². The predicted octanol–water partition coefficient (Wildman–Crippen LogP) is 3.66. The SMILES string of the molecule is CC(C)(C)c1nc(CN2CCCCC2CCC(=O)O)cs1. The Morgan fingerprint density at radius 1 is 1.48 bits per heavy atom. The molecular weight excluding hydrogens is 284 g/mol. The van der Waals surface area contributed by atoms with Gasteiger partial charge in [-0.2, -0.15) is 0 Å². The summed E-state index contributed by atoms with van der Waals surface area (Å²) in [5, 5.41) is 12.2. The lowest BCUT2D eigenvalue weighted by Gasteiger charge is -2.35. The van der Waals surface area contributed by atoms with Crippen molar-refractivity contribution in [1.82, 2.24) is 9.88 Å². The topological polar surface area (TPSA) is 53.4 Å². The molecular formula is C16H26N2O2S. The van der Waals surface area contributed by atoms with Crippen LogP contribution in [-0.2, 0) is 16.8 Å². The number of aliphatic carboxylic acids is 1. The smallest absolute Gasteiger partial charge is 0.303 e. The summed E-state index contributed by atoms with van der Waals surface area (Å²) >= 11 is 1.73. The van der Waals surface area contributed by atoms with Crippen molar-refractivity contribution in [1.29, 1.82) is 0 Å². The molecule has 1 saturated heterocycles. The Bertz CT molecular complexity index is 479. The molecule has 0 saturated carbocycles. The summed E-state index contributed by atoms with van der Waals surface area (Å²) in [4.78, 5) is 18.0. The van der Waals surface area contributed by atoms with E-state index < -0.39 is 5.97 Å². The maximum absolute atomic E-state index is 10.8. The van der Waals surface area contributed by atoms with Crippen LogP contribution in [0.4, 0.5) is 0 Å². The minimum Gasteiger partial charge on any atom is -0.481 e. The van der Waals surface area contributed by atoms with Crippen molar-refractivity contribution in [3.63, 3.8) is 0 Å². The Kier molecular flexibility index (Phi) is 5.38. The summed E-state index contributed by atoms with van der Waals surface area (Å²) in [5.41, 5.74) is 1.24. The second kappa shape index (κ2) is 6.88. The number of hydrogen-bond acceptors (Lipinski definition) is 4. The zero-order valence-electron chi connectivity index (χ0n) is 13.3. The predicted molar refractivity (Wildman–Crippen MR) is 85.7 cm³/mol. The van der Waals surface area contributed by atoms with Gasteiger partial charge in [-0.1, -0.05) is 27.2 Å². The number of nitrogens with zero attached hydrogens (tertiary/aromatic N) is 2. The van der Waals surface area contributed by atoms with E-state index in [2.05, 4.69) is 31.1 Å². The molecule has 0 aliphatic carbocycles. The maximum atomic E-state index is 10.8. The summed E-state index contributed by atoms with van der Waals surface area (Å²) in [6.45, 7) is 8.48. The Balaban J connectivity index is 1.98. The molecule has 0 bridgehead atoms. The van der Waals surface area contributed by atoms with Crippen molar-refractivity contribution in [2.45, 2.75) is 70.9 Å². The van der Waals surface area contributed by atoms with Crippen LogP contribution in [0, 0.1) is 0 Å². The molecule has 118 valence electrons. The molecule has 4 nitrogen and oxygen atoms in total. The number of aromatic nitrogens is 1. The zero-order valence-corrected chi connectivity index (χ0v) is 14.1. The third-order valence-electron chi connectivity index (χ3n) is 4.00. The highest BCUT2D eigenvalue weighted by molar-refractivity contribution is 7.09. The highest BCUT2D eigenvalue weighted by Gasteiger charge is 2.24. The summed E-state index contributed by atoms with van der Waals surface area (Å²) in [5.74, 6) is -0.691. The summed E-state index contributed by atoms with van der Waals surface area (Å²) in [6.07, 6.45) is 4.56. The molecule has 1 N–H and O–H groups in total. The molecule has 0 amide bonds. The van der Waals surface area contributed by atoms with E-state index in [0.717, 1.165) is 31.6 Å². The highest BCUT2D eigenvalue weighted by Crippen LogP contribution is 2.28. The average molecular weight is 310 g/mol. The first-order chi connectivity index (χ1) is 9.86. The molecule has 0 radical (unpaired) electrons. The monoisotopic (exact) mass is 310 g/mol. The molecule has 0 spiro atoms.